The number of anilines is 2. The summed E-state index contributed by atoms with van der Waals surface area (Å²) in [6.45, 7) is 0.804. The third kappa shape index (κ3) is 5.83. The molecule has 0 aromatic carbocycles. The maximum atomic E-state index is 11.0. The van der Waals surface area contributed by atoms with Gasteiger partial charge in [-0.3, -0.25) is 4.79 Å². The van der Waals surface area contributed by atoms with Crippen LogP contribution in [-0.2, 0) is 0 Å². The molecule has 0 saturated carbocycles. The number of nitrogens with two attached hydrogens (primary N) is 2. The van der Waals surface area contributed by atoms with E-state index >= 15 is 0 Å². The molecular formula is C13H22N4OS. The van der Waals surface area contributed by atoms with Crippen molar-refractivity contribution in [3.63, 3.8) is 0 Å². The van der Waals surface area contributed by atoms with E-state index in [0.29, 0.717) is 11.5 Å². The number of amides is 1. The Morgan fingerprint density at radius 2 is 2.05 bits per heavy atom. The van der Waals surface area contributed by atoms with Crippen LogP contribution in [0.15, 0.2) is 12.1 Å². The maximum absolute atomic E-state index is 11.0. The molecule has 6 heteroatoms. The number of aromatic nitrogens is 1. The second kappa shape index (κ2) is 8.63. The number of carbonyl (C=O) groups excluding carboxylic acids is 1. The Kier molecular flexibility index (Phi) is 7.10. The minimum absolute atomic E-state index is 0.233. The van der Waals surface area contributed by atoms with Gasteiger partial charge < -0.3 is 16.8 Å². The number of hydrogen-bond acceptors (Lipinski definition) is 5. The van der Waals surface area contributed by atoms with Gasteiger partial charge in [0.1, 0.15) is 11.5 Å². The summed E-state index contributed by atoms with van der Waals surface area (Å²) >= 11 is 1.88. The van der Waals surface area contributed by atoms with Crippen molar-refractivity contribution < 1.29 is 4.79 Å². The standard InChI is InChI=1S/C13H22N4OS/c1-19-9-5-3-2-4-8-16-13-10(14)6-7-11(17-13)12(15)18/h6-7H,2-5,8-9,14H2,1H3,(H2,15,18)(H,16,17). The van der Waals surface area contributed by atoms with Crippen molar-refractivity contribution in [1.82, 2.24) is 4.98 Å². The molecule has 0 bridgehead atoms. The first kappa shape index (κ1) is 15.6. The molecule has 19 heavy (non-hydrogen) atoms. The maximum Gasteiger partial charge on any atom is 0.267 e. The Balaban J connectivity index is 2.32. The number of thioether (sulfide) groups is 1. The molecule has 1 heterocycles. The molecule has 0 spiro atoms. The van der Waals surface area contributed by atoms with Gasteiger partial charge in [0, 0.05) is 6.54 Å². The van der Waals surface area contributed by atoms with Crippen LogP contribution in [0, 0.1) is 0 Å². The average Bonchev–Trinajstić information content (AvgIpc) is 2.39. The SMILES string of the molecule is CSCCCCCCNc1nc(C(N)=O)ccc1N. The van der Waals surface area contributed by atoms with Gasteiger partial charge in [-0.2, -0.15) is 11.8 Å². The number of unbranched alkanes of at least 4 members (excludes halogenated alkanes) is 3. The van der Waals surface area contributed by atoms with Crippen LogP contribution in [0.5, 0.6) is 0 Å². The van der Waals surface area contributed by atoms with Crippen LogP contribution < -0.4 is 16.8 Å². The molecule has 5 N–H and O–H groups in total. The van der Waals surface area contributed by atoms with Crippen molar-refractivity contribution in [2.75, 3.05) is 29.6 Å². The fraction of sp³-hybridized carbons (Fsp3) is 0.538. The Morgan fingerprint density at radius 3 is 2.74 bits per heavy atom. The lowest BCUT2D eigenvalue weighted by molar-refractivity contribution is 0.0996. The molecule has 1 rings (SSSR count). The topological polar surface area (TPSA) is 94.0 Å². The molecule has 1 aromatic rings. The molecule has 1 aromatic heterocycles. The van der Waals surface area contributed by atoms with Crippen LogP contribution in [0.2, 0.25) is 0 Å². The minimum Gasteiger partial charge on any atom is -0.396 e. The van der Waals surface area contributed by atoms with Crippen LogP contribution in [0.1, 0.15) is 36.2 Å². The Morgan fingerprint density at radius 1 is 1.32 bits per heavy atom. The predicted octanol–water partition coefficient (Wildman–Crippen LogP) is 2.10. The molecule has 0 aliphatic heterocycles. The second-order valence-electron chi connectivity index (χ2n) is 4.33. The molecule has 0 unspecified atom stereocenters. The van der Waals surface area contributed by atoms with Crippen LogP contribution in [0.25, 0.3) is 0 Å². The summed E-state index contributed by atoms with van der Waals surface area (Å²) in [5.74, 6) is 1.23. The van der Waals surface area contributed by atoms with Crippen LogP contribution in [0.3, 0.4) is 0 Å². The second-order valence-corrected chi connectivity index (χ2v) is 5.32. The summed E-state index contributed by atoms with van der Waals surface area (Å²) in [5, 5.41) is 3.15. The van der Waals surface area contributed by atoms with E-state index in [1.807, 2.05) is 11.8 Å². The monoisotopic (exact) mass is 282 g/mol. The summed E-state index contributed by atoms with van der Waals surface area (Å²) in [6.07, 6.45) is 6.88. The summed E-state index contributed by atoms with van der Waals surface area (Å²) in [6, 6.07) is 3.18. The van der Waals surface area contributed by atoms with Crippen molar-refractivity contribution >= 4 is 29.2 Å². The normalized spacial score (nSPS) is 10.4. The van der Waals surface area contributed by atoms with Crippen molar-refractivity contribution in [3.8, 4) is 0 Å². The average molecular weight is 282 g/mol. The van der Waals surface area contributed by atoms with Gasteiger partial charge in [-0.1, -0.05) is 12.8 Å². The molecule has 0 fully saturated rings. The van der Waals surface area contributed by atoms with Crippen LogP contribution in [0.4, 0.5) is 11.5 Å². The zero-order valence-corrected chi connectivity index (χ0v) is 12.1. The van der Waals surface area contributed by atoms with E-state index in [0.717, 1.165) is 13.0 Å². The lowest BCUT2D eigenvalue weighted by Crippen LogP contribution is -2.15. The number of carbonyl (C=O) groups is 1. The summed E-state index contributed by atoms with van der Waals surface area (Å²) in [5.41, 5.74) is 11.7. The Bertz CT molecular complexity index is 412. The third-order valence-electron chi connectivity index (χ3n) is 2.75. The Hall–Kier alpha value is -1.43. The fourth-order valence-electron chi connectivity index (χ4n) is 1.68. The van der Waals surface area contributed by atoms with E-state index in [-0.39, 0.29) is 5.69 Å². The van der Waals surface area contributed by atoms with Crippen LogP contribution in [-0.4, -0.2) is 29.4 Å². The molecule has 0 radical (unpaired) electrons. The van der Waals surface area contributed by atoms with Gasteiger partial charge in [0.15, 0.2) is 0 Å². The van der Waals surface area contributed by atoms with Crippen LogP contribution >= 0.6 is 11.8 Å². The highest BCUT2D eigenvalue weighted by atomic mass is 32.2. The number of primary amides is 1. The number of nitrogens with one attached hydrogen (secondary N) is 1. The van der Waals surface area contributed by atoms with E-state index in [1.54, 1.807) is 6.07 Å². The van der Waals surface area contributed by atoms with Crippen molar-refractivity contribution in [3.05, 3.63) is 17.8 Å². The predicted molar refractivity (Wildman–Crippen MR) is 82.5 cm³/mol. The van der Waals surface area contributed by atoms with E-state index in [2.05, 4.69) is 16.6 Å². The zero-order valence-electron chi connectivity index (χ0n) is 11.3. The number of nitrogen functional groups attached to an aromatic ring is 1. The van der Waals surface area contributed by atoms with Gasteiger partial charge in [0.2, 0.25) is 0 Å². The zero-order chi connectivity index (χ0) is 14.1. The molecule has 0 atom stereocenters. The van der Waals surface area contributed by atoms with Crippen molar-refractivity contribution in [1.29, 1.82) is 0 Å². The molecular weight excluding hydrogens is 260 g/mol. The summed E-state index contributed by atoms with van der Waals surface area (Å²) in [4.78, 5) is 15.1. The first-order valence-electron chi connectivity index (χ1n) is 6.44. The first-order valence-corrected chi connectivity index (χ1v) is 7.83. The van der Waals surface area contributed by atoms with E-state index in [9.17, 15) is 4.79 Å². The number of hydrogen-bond donors (Lipinski definition) is 3. The van der Waals surface area contributed by atoms with Gasteiger partial charge in [-0.25, -0.2) is 4.98 Å². The molecule has 1 amide bonds. The van der Waals surface area contributed by atoms with Gasteiger partial charge in [0.25, 0.3) is 5.91 Å². The molecule has 0 aliphatic carbocycles. The minimum atomic E-state index is -0.542. The van der Waals surface area contributed by atoms with Gasteiger partial charge >= 0.3 is 0 Å². The quantitative estimate of drug-likeness (QED) is 0.603. The molecule has 0 saturated heterocycles. The number of rotatable bonds is 9. The largest absolute Gasteiger partial charge is 0.396 e. The van der Waals surface area contributed by atoms with E-state index < -0.39 is 5.91 Å². The molecule has 5 nitrogen and oxygen atoms in total. The highest BCUT2D eigenvalue weighted by Crippen LogP contribution is 2.15. The van der Waals surface area contributed by atoms with Crippen molar-refractivity contribution in [2.45, 2.75) is 25.7 Å². The van der Waals surface area contributed by atoms with Gasteiger partial charge in [0.05, 0.1) is 5.69 Å². The first-order chi connectivity index (χ1) is 9.15. The van der Waals surface area contributed by atoms with E-state index in [4.69, 9.17) is 11.5 Å². The number of nitrogens with zero attached hydrogens (tertiary/aromatic N) is 1. The lowest BCUT2D eigenvalue weighted by atomic mass is 10.2. The van der Waals surface area contributed by atoms with Crippen molar-refractivity contribution in [2.24, 2.45) is 5.73 Å². The molecule has 106 valence electrons. The summed E-state index contributed by atoms with van der Waals surface area (Å²) < 4.78 is 0. The third-order valence-corrected chi connectivity index (χ3v) is 3.44. The molecule has 0 aliphatic rings. The van der Waals surface area contributed by atoms with Gasteiger partial charge in [-0.15, -0.1) is 0 Å². The Labute approximate surface area is 118 Å². The number of pyridine rings is 1. The smallest absolute Gasteiger partial charge is 0.267 e. The highest BCUT2D eigenvalue weighted by molar-refractivity contribution is 7.98. The van der Waals surface area contributed by atoms with E-state index in [1.165, 1.54) is 31.1 Å². The van der Waals surface area contributed by atoms with Gasteiger partial charge in [-0.05, 0) is 37.0 Å². The fourth-order valence-corrected chi connectivity index (χ4v) is 2.17. The highest BCUT2D eigenvalue weighted by Gasteiger charge is 2.06. The summed E-state index contributed by atoms with van der Waals surface area (Å²) in [7, 11) is 0. The lowest BCUT2D eigenvalue weighted by Gasteiger charge is -2.09.